The SMILES string of the molecule is O=C(Nc1ccc(N2CCCC2)cc1)c1cc(NC2CC2)nc(-c2ccccc2)n1. The molecule has 0 atom stereocenters. The maximum Gasteiger partial charge on any atom is 0.274 e. The van der Waals surface area contributed by atoms with Crippen molar-refractivity contribution >= 4 is 23.1 Å². The Morgan fingerprint density at radius 1 is 0.933 bits per heavy atom. The quantitative estimate of drug-likeness (QED) is 0.635. The van der Waals surface area contributed by atoms with Gasteiger partial charge in [0.15, 0.2) is 5.82 Å². The minimum Gasteiger partial charge on any atom is -0.372 e. The van der Waals surface area contributed by atoms with Crippen molar-refractivity contribution in [1.82, 2.24) is 9.97 Å². The molecule has 1 saturated carbocycles. The summed E-state index contributed by atoms with van der Waals surface area (Å²) in [7, 11) is 0. The summed E-state index contributed by atoms with van der Waals surface area (Å²) < 4.78 is 0. The van der Waals surface area contributed by atoms with Crippen molar-refractivity contribution in [3.63, 3.8) is 0 Å². The topological polar surface area (TPSA) is 70.2 Å². The molecule has 2 aromatic carbocycles. The van der Waals surface area contributed by atoms with Gasteiger partial charge in [-0.3, -0.25) is 4.79 Å². The fourth-order valence-electron chi connectivity index (χ4n) is 3.72. The van der Waals surface area contributed by atoms with Crippen LogP contribution in [-0.4, -0.2) is 35.0 Å². The first-order valence-corrected chi connectivity index (χ1v) is 10.6. The summed E-state index contributed by atoms with van der Waals surface area (Å²) in [4.78, 5) is 24.5. The number of carbonyl (C=O) groups excluding carboxylic acids is 1. The van der Waals surface area contributed by atoms with Gasteiger partial charge in [0.1, 0.15) is 11.5 Å². The Morgan fingerprint density at radius 2 is 1.67 bits per heavy atom. The molecule has 2 fully saturated rings. The Hall–Kier alpha value is -3.41. The molecule has 6 heteroatoms. The minimum atomic E-state index is -0.234. The number of hydrogen-bond acceptors (Lipinski definition) is 5. The van der Waals surface area contributed by atoms with Crippen molar-refractivity contribution in [3.8, 4) is 11.4 Å². The summed E-state index contributed by atoms with van der Waals surface area (Å²) in [6.45, 7) is 2.21. The van der Waals surface area contributed by atoms with E-state index in [0.717, 1.165) is 37.2 Å². The predicted molar refractivity (Wildman–Crippen MR) is 120 cm³/mol. The van der Waals surface area contributed by atoms with Crippen molar-refractivity contribution < 1.29 is 4.79 Å². The third-order valence-corrected chi connectivity index (χ3v) is 5.52. The van der Waals surface area contributed by atoms with Gasteiger partial charge in [-0.1, -0.05) is 30.3 Å². The lowest BCUT2D eigenvalue weighted by atomic mass is 10.2. The molecular formula is C24H25N5O. The monoisotopic (exact) mass is 399 g/mol. The van der Waals surface area contributed by atoms with Crippen LogP contribution < -0.4 is 15.5 Å². The van der Waals surface area contributed by atoms with Crippen LogP contribution in [0.25, 0.3) is 11.4 Å². The molecule has 1 amide bonds. The number of carbonyl (C=O) groups is 1. The number of nitrogens with zero attached hydrogens (tertiary/aromatic N) is 3. The van der Waals surface area contributed by atoms with E-state index in [0.29, 0.717) is 23.4 Å². The van der Waals surface area contributed by atoms with Gasteiger partial charge in [0.25, 0.3) is 5.91 Å². The Labute approximate surface area is 176 Å². The van der Waals surface area contributed by atoms with E-state index in [1.54, 1.807) is 6.07 Å². The Kier molecular flexibility index (Phi) is 5.05. The van der Waals surface area contributed by atoms with Gasteiger partial charge in [0.2, 0.25) is 0 Å². The number of anilines is 3. The lowest BCUT2D eigenvalue weighted by molar-refractivity contribution is 0.102. The van der Waals surface area contributed by atoms with Crippen LogP contribution in [0.4, 0.5) is 17.2 Å². The molecule has 6 nitrogen and oxygen atoms in total. The van der Waals surface area contributed by atoms with Crippen molar-refractivity contribution in [2.75, 3.05) is 28.6 Å². The van der Waals surface area contributed by atoms with Gasteiger partial charge in [-0.2, -0.15) is 0 Å². The summed E-state index contributed by atoms with van der Waals surface area (Å²) in [5, 5.41) is 6.36. The average Bonchev–Trinajstić information content (AvgIpc) is 3.43. The molecule has 0 radical (unpaired) electrons. The van der Waals surface area contributed by atoms with E-state index in [1.165, 1.54) is 18.5 Å². The first-order valence-electron chi connectivity index (χ1n) is 10.6. The first-order chi connectivity index (χ1) is 14.7. The number of hydrogen-bond donors (Lipinski definition) is 2. The maximum atomic E-state index is 13.0. The highest BCUT2D eigenvalue weighted by atomic mass is 16.1. The largest absolute Gasteiger partial charge is 0.372 e. The second-order valence-electron chi connectivity index (χ2n) is 7.94. The maximum absolute atomic E-state index is 13.0. The second-order valence-corrected chi connectivity index (χ2v) is 7.94. The van der Waals surface area contributed by atoms with E-state index in [9.17, 15) is 4.79 Å². The Morgan fingerprint density at radius 3 is 2.37 bits per heavy atom. The summed E-state index contributed by atoms with van der Waals surface area (Å²) in [5.74, 6) is 1.01. The first kappa shape index (κ1) is 18.6. The van der Waals surface area contributed by atoms with Crippen molar-refractivity contribution in [2.45, 2.75) is 31.7 Å². The van der Waals surface area contributed by atoms with Gasteiger partial charge in [-0.15, -0.1) is 0 Å². The molecule has 2 aliphatic rings. The van der Waals surface area contributed by atoms with Gasteiger partial charge in [0, 0.05) is 42.1 Å². The van der Waals surface area contributed by atoms with Crippen LogP contribution in [0.5, 0.6) is 0 Å². The van der Waals surface area contributed by atoms with Gasteiger partial charge in [-0.05, 0) is 49.9 Å². The molecule has 5 rings (SSSR count). The average molecular weight is 399 g/mol. The molecule has 1 aliphatic heterocycles. The molecule has 0 spiro atoms. The van der Waals surface area contributed by atoms with Gasteiger partial charge < -0.3 is 15.5 Å². The standard InChI is InChI=1S/C24H25N5O/c30-24(26-19-10-12-20(13-11-19)29-14-4-5-15-29)21-16-22(25-18-8-9-18)28-23(27-21)17-6-2-1-3-7-17/h1-3,6-7,10-13,16,18H,4-5,8-9,14-15H2,(H,26,30)(H,25,27,28). The lowest BCUT2D eigenvalue weighted by Gasteiger charge is -2.17. The summed E-state index contributed by atoms with van der Waals surface area (Å²) in [6.07, 6.45) is 4.76. The van der Waals surface area contributed by atoms with E-state index in [2.05, 4.69) is 37.6 Å². The fourth-order valence-corrected chi connectivity index (χ4v) is 3.72. The van der Waals surface area contributed by atoms with Crippen LogP contribution in [0.3, 0.4) is 0 Å². The highest BCUT2D eigenvalue weighted by Crippen LogP contribution is 2.26. The van der Waals surface area contributed by atoms with Crippen LogP contribution in [0, 0.1) is 0 Å². The van der Waals surface area contributed by atoms with Gasteiger partial charge in [-0.25, -0.2) is 9.97 Å². The van der Waals surface area contributed by atoms with E-state index >= 15 is 0 Å². The zero-order valence-electron chi connectivity index (χ0n) is 16.8. The van der Waals surface area contributed by atoms with Crippen LogP contribution in [-0.2, 0) is 0 Å². The number of aromatic nitrogens is 2. The number of nitrogens with one attached hydrogen (secondary N) is 2. The van der Waals surface area contributed by atoms with E-state index in [-0.39, 0.29) is 5.91 Å². The number of benzene rings is 2. The number of rotatable bonds is 6. The molecule has 30 heavy (non-hydrogen) atoms. The Bertz CT molecular complexity index is 1030. The third kappa shape index (κ3) is 4.27. The molecule has 0 bridgehead atoms. The minimum absolute atomic E-state index is 0.234. The summed E-state index contributed by atoms with van der Waals surface area (Å²) >= 11 is 0. The summed E-state index contributed by atoms with van der Waals surface area (Å²) in [5.41, 5.74) is 3.21. The molecule has 1 aromatic heterocycles. The highest BCUT2D eigenvalue weighted by Gasteiger charge is 2.23. The molecule has 2 N–H and O–H groups in total. The van der Waals surface area contributed by atoms with Crippen LogP contribution in [0.15, 0.2) is 60.7 Å². The molecule has 152 valence electrons. The molecule has 0 unspecified atom stereocenters. The van der Waals surface area contributed by atoms with Crippen molar-refractivity contribution in [2.24, 2.45) is 0 Å². The molecule has 2 heterocycles. The molecule has 3 aromatic rings. The zero-order valence-corrected chi connectivity index (χ0v) is 16.8. The van der Waals surface area contributed by atoms with Crippen LogP contribution >= 0.6 is 0 Å². The lowest BCUT2D eigenvalue weighted by Crippen LogP contribution is -2.18. The molecular weight excluding hydrogens is 374 g/mol. The summed E-state index contributed by atoms with van der Waals surface area (Å²) in [6, 6.07) is 20.0. The van der Waals surface area contributed by atoms with Gasteiger partial charge in [0.05, 0.1) is 0 Å². The van der Waals surface area contributed by atoms with Gasteiger partial charge >= 0.3 is 0 Å². The predicted octanol–water partition coefficient (Wildman–Crippen LogP) is 4.57. The third-order valence-electron chi connectivity index (χ3n) is 5.52. The normalized spacial score (nSPS) is 15.8. The van der Waals surface area contributed by atoms with Crippen LogP contribution in [0.1, 0.15) is 36.2 Å². The second kappa shape index (κ2) is 8.14. The van der Waals surface area contributed by atoms with E-state index in [4.69, 9.17) is 0 Å². The number of amides is 1. The van der Waals surface area contributed by atoms with E-state index < -0.39 is 0 Å². The van der Waals surface area contributed by atoms with E-state index in [1.807, 2.05) is 42.5 Å². The smallest absolute Gasteiger partial charge is 0.274 e. The zero-order chi connectivity index (χ0) is 20.3. The van der Waals surface area contributed by atoms with Crippen molar-refractivity contribution in [1.29, 1.82) is 0 Å². The molecule has 1 saturated heterocycles. The fraction of sp³-hybridized carbons (Fsp3) is 0.292. The molecule has 1 aliphatic carbocycles. The van der Waals surface area contributed by atoms with Crippen molar-refractivity contribution in [3.05, 3.63) is 66.4 Å². The highest BCUT2D eigenvalue weighted by molar-refractivity contribution is 6.03. The Balaban J connectivity index is 1.37. The van der Waals surface area contributed by atoms with Crippen LogP contribution in [0.2, 0.25) is 0 Å².